The summed E-state index contributed by atoms with van der Waals surface area (Å²) in [7, 11) is 1.85. The molecule has 1 aromatic heterocycles. The number of anilines is 1. The monoisotopic (exact) mass is 361 g/mol. The molecule has 1 aromatic rings. The van der Waals surface area contributed by atoms with Gasteiger partial charge in [0.05, 0.1) is 12.7 Å². The van der Waals surface area contributed by atoms with Crippen LogP contribution in [-0.4, -0.2) is 81.5 Å². The van der Waals surface area contributed by atoms with E-state index in [9.17, 15) is 0 Å². The largest absolute Gasteiger partial charge is 0.379 e. The molecule has 0 radical (unpaired) electrons. The topological polar surface area (TPSA) is 62.2 Å². The summed E-state index contributed by atoms with van der Waals surface area (Å²) in [4.78, 5) is 13.5. The summed E-state index contributed by atoms with van der Waals surface area (Å²) in [5.74, 6) is 2.03. The molecule has 0 aliphatic carbocycles. The highest BCUT2D eigenvalue weighted by molar-refractivity contribution is 5.80. The van der Waals surface area contributed by atoms with Gasteiger partial charge in [-0.15, -0.1) is 0 Å². The SMILES string of the molecule is CN=C(NCCCOCC1CCCO1)N1CCN(c2ccccn2)CC1. The van der Waals surface area contributed by atoms with Gasteiger partial charge in [-0.25, -0.2) is 4.98 Å². The first-order valence-corrected chi connectivity index (χ1v) is 9.68. The summed E-state index contributed by atoms with van der Waals surface area (Å²) in [6.07, 6.45) is 5.43. The first-order chi connectivity index (χ1) is 12.9. The molecule has 2 aliphatic rings. The summed E-state index contributed by atoms with van der Waals surface area (Å²) in [5, 5.41) is 3.45. The fourth-order valence-electron chi connectivity index (χ4n) is 3.39. The van der Waals surface area contributed by atoms with Crippen LogP contribution in [0.4, 0.5) is 5.82 Å². The molecule has 144 valence electrons. The standard InChI is InChI=1S/C19H31N5O2/c1-20-19(22-9-5-14-25-16-17-6-4-15-26-17)24-12-10-23(11-13-24)18-7-2-3-8-21-18/h2-3,7-8,17H,4-6,9-16H2,1H3,(H,20,22). The van der Waals surface area contributed by atoms with E-state index in [2.05, 4.69) is 31.2 Å². The fourth-order valence-corrected chi connectivity index (χ4v) is 3.39. The van der Waals surface area contributed by atoms with Crippen molar-refractivity contribution in [2.24, 2.45) is 4.99 Å². The lowest BCUT2D eigenvalue weighted by molar-refractivity contribution is 0.0168. The van der Waals surface area contributed by atoms with Gasteiger partial charge in [0.25, 0.3) is 0 Å². The number of aliphatic imine (C=N–C) groups is 1. The summed E-state index contributed by atoms with van der Waals surface area (Å²) in [5.41, 5.74) is 0. The van der Waals surface area contributed by atoms with E-state index in [0.29, 0.717) is 6.10 Å². The maximum Gasteiger partial charge on any atom is 0.193 e. The Morgan fingerprint density at radius 2 is 2.23 bits per heavy atom. The van der Waals surface area contributed by atoms with Crippen LogP contribution in [-0.2, 0) is 9.47 Å². The molecular weight excluding hydrogens is 330 g/mol. The van der Waals surface area contributed by atoms with Gasteiger partial charge in [0.2, 0.25) is 0 Å². The zero-order valence-corrected chi connectivity index (χ0v) is 15.8. The Morgan fingerprint density at radius 1 is 1.35 bits per heavy atom. The molecule has 0 spiro atoms. The van der Waals surface area contributed by atoms with E-state index in [1.807, 2.05) is 25.4 Å². The number of pyridine rings is 1. The third-order valence-corrected chi connectivity index (χ3v) is 4.84. The molecule has 2 aliphatic heterocycles. The third kappa shape index (κ3) is 5.57. The predicted octanol–water partition coefficient (Wildman–Crippen LogP) is 1.36. The van der Waals surface area contributed by atoms with E-state index >= 15 is 0 Å². The van der Waals surface area contributed by atoms with E-state index < -0.39 is 0 Å². The van der Waals surface area contributed by atoms with E-state index in [1.54, 1.807) is 0 Å². The molecule has 1 N–H and O–H groups in total. The van der Waals surface area contributed by atoms with Gasteiger partial charge in [-0.2, -0.15) is 0 Å². The number of nitrogens with one attached hydrogen (secondary N) is 1. The van der Waals surface area contributed by atoms with Crippen LogP contribution < -0.4 is 10.2 Å². The first-order valence-electron chi connectivity index (χ1n) is 9.68. The molecule has 0 amide bonds. The molecule has 2 fully saturated rings. The van der Waals surface area contributed by atoms with Crippen LogP contribution >= 0.6 is 0 Å². The number of nitrogens with zero attached hydrogens (tertiary/aromatic N) is 4. The number of guanidine groups is 1. The van der Waals surface area contributed by atoms with Crippen LogP contribution in [0, 0.1) is 0 Å². The molecule has 26 heavy (non-hydrogen) atoms. The minimum Gasteiger partial charge on any atom is -0.379 e. The van der Waals surface area contributed by atoms with Crippen molar-refractivity contribution in [3.8, 4) is 0 Å². The minimum atomic E-state index is 0.311. The van der Waals surface area contributed by atoms with Gasteiger partial charge in [0.15, 0.2) is 5.96 Å². The molecule has 1 atom stereocenters. The molecular formula is C19H31N5O2. The average molecular weight is 361 g/mol. The molecule has 0 saturated carbocycles. The highest BCUT2D eigenvalue weighted by Gasteiger charge is 2.20. The first kappa shape index (κ1) is 18.9. The predicted molar refractivity (Wildman–Crippen MR) is 104 cm³/mol. The number of hydrogen-bond acceptors (Lipinski definition) is 5. The Bertz CT molecular complexity index is 540. The number of hydrogen-bond donors (Lipinski definition) is 1. The Labute approximate surface area is 156 Å². The van der Waals surface area contributed by atoms with Gasteiger partial charge in [-0.3, -0.25) is 4.99 Å². The second kappa shape index (κ2) is 10.3. The lowest BCUT2D eigenvalue weighted by Gasteiger charge is -2.37. The lowest BCUT2D eigenvalue weighted by Crippen LogP contribution is -2.52. The maximum absolute atomic E-state index is 5.71. The molecule has 3 heterocycles. The third-order valence-electron chi connectivity index (χ3n) is 4.84. The molecule has 0 bridgehead atoms. The summed E-state index contributed by atoms with van der Waals surface area (Å²) < 4.78 is 11.3. The van der Waals surface area contributed by atoms with Crippen molar-refractivity contribution in [3.63, 3.8) is 0 Å². The summed E-state index contributed by atoms with van der Waals surface area (Å²) >= 11 is 0. The van der Waals surface area contributed by atoms with Crippen molar-refractivity contribution in [1.29, 1.82) is 0 Å². The minimum absolute atomic E-state index is 0.311. The van der Waals surface area contributed by atoms with Crippen molar-refractivity contribution in [1.82, 2.24) is 15.2 Å². The van der Waals surface area contributed by atoms with E-state index in [4.69, 9.17) is 9.47 Å². The van der Waals surface area contributed by atoms with Gasteiger partial charge < -0.3 is 24.6 Å². The van der Waals surface area contributed by atoms with Gasteiger partial charge >= 0.3 is 0 Å². The van der Waals surface area contributed by atoms with Crippen molar-refractivity contribution < 1.29 is 9.47 Å². The number of rotatable bonds is 7. The molecule has 7 heteroatoms. The van der Waals surface area contributed by atoms with Crippen LogP contribution in [0.3, 0.4) is 0 Å². The number of aromatic nitrogens is 1. The molecule has 1 unspecified atom stereocenters. The van der Waals surface area contributed by atoms with Crippen LogP contribution in [0.1, 0.15) is 19.3 Å². The molecule has 2 saturated heterocycles. The van der Waals surface area contributed by atoms with Crippen molar-refractivity contribution >= 4 is 11.8 Å². The van der Waals surface area contributed by atoms with Crippen molar-refractivity contribution in [2.75, 3.05) is 64.5 Å². The van der Waals surface area contributed by atoms with Gasteiger partial charge in [-0.05, 0) is 31.4 Å². The number of piperazine rings is 1. The van der Waals surface area contributed by atoms with Crippen molar-refractivity contribution in [3.05, 3.63) is 24.4 Å². The Hall–Kier alpha value is -1.86. The van der Waals surface area contributed by atoms with Gasteiger partial charge in [0, 0.05) is 59.2 Å². The Morgan fingerprint density at radius 3 is 2.92 bits per heavy atom. The zero-order valence-electron chi connectivity index (χ0n) is 15.8. The van der Waals surface area contributed by atoms with Gasteiger partial charge in [-0.1, -0.05) is 6.07 Å². The zero-order chi connectivity index (χ0) is 18.0. The second-order valence-electron chi connectivity index (χ2n) is 6.70. The lowest BCUT2D eigenvalue weighted by atomic mass is 10.2. The highest BCUT2D eigenvalue weighted by Crippen LogP contribution is 2.13. The van der Waals surface area contributed by atoms with E-state index in [-0.39, 0.29) is 0 Å². The van der Waals surface area contributed by atoms with Crippen LogP contribution in [0.5, 0.6) is 0 Å². The number of ether oxygens (including phenoxy) is 2. The molecule has 7 nitrogen and oxygen atoms in total. The second-order valence-corrected chi connectivity index (χ2v) is 6.70. The normalized spacial score (nSPS) is 21.3. The van der Waals surface area contributed by atoms with Crippen LogP contribution in [0.25, 0.3) is 0 Å². The average Bonchev–Trinajstić information content (AvgIpc) is 3.22. The van der Waals surface area contributed by atoms with Crippen LogP contribution in [0.15, 0.2) is 29.4 Å². The van der Waals surface area contributed by atoms with Crippen molar-refractivity contribution in [2.45, 2.75) is 25.4 Å². The summed E-state index contributed by atoms with van der Waals surface area (Å²) in [6, 6.07) is 6.06. The van der Waals surface area contributed by atoms with E-state index in [0.717, 1.165) is 77.2 Å². The molecule has 3 rings (SSSR count). The van der Waals surface area contributed by atoms with E-state index in [1.165, 1.54) is 6.42 Å². The fraction of sp³-hybridized carbons (Fsp3) is 0.684. The quantitative estimate of drug-likeness (QED) is 0.450. The molecule has 0 aromatic carbocycles. The summed E-state index contributed by atoms with van der Waals surface area (Å²) in [6.45, 7) is 7.07. The maximum atomic E-state index is 5.71. The van der Waals surface area contributed by atoms with Crippen LogP contribution in [0.2, 0.25) is 0 Å². The Kier molecular flexibility index (Phi) is 7.51. The van der Waals surface area contributed by atoms with Gasteiger partial charge in [0.1, 0.15) is 5.82 Å². The Balaban J connectivity index is 1.30. The highest BCUT2D eigenvalue weighted by atomic mass is 16.5. The smallest absolute Gasteiger partial charge is 0.193 e.